The number of aromatic nitrogens is 2. The van der Waals surface area contributed by atoms with E-state index >= 15 is 0 Å². The minimum absolute atomic E-state index is 0.0974. The van der Waals surface area contributed by atoms with Gasteiger partial charge in [0.15, 0.2) is 0 Å². The highest BCUT2D eigenvalue weighted by Gasteiger charge is 2.11. The Kier molecular flexibility index (Phi) is 3.83. The molecule has 0 saturated carbocycles. The van der Waals surface area contributed by atoms with Crippen molar-refractivity contribution >= 4 is 0 Å². The highest BCUT2D eigenvalue weighted by atomic mass is 16.5. The van der Waals surface area contributed by atoms with Crippen LogP contribution in [-0.2, 0) is 12.8 Å². The number of aryl methyl sites for hydroxylation is 1. The zero-order chi connectivity index (χ0) is 10.6. The largest absolute Gasteiger partial charge is 0.481 e. The fourth-order valence-electron chi connectivity index (χ4n) is 1.44. The average molecular weight is 195 g/mol. The van der Waals surface area contributed by atoms with E-state index in [1.54, 1.807) is 7.11 Å². The van der Waals surface area contributed by atoms with Crippen molar-refractivity contribution in [3.8, 4) is 5.88 Å². The molecule has 1 aromatic rings. The number of rotatable bonds is 4. The van der Waals surface area contributed by atoms with Gasteiger partial charge in [-0.1, -0.05) is 6.92 Å². The molecule has 78 valence electrons. The second-order valence-corrected chi connectivity index (χ2v) is 3.34. The lowest BCUT2D eigenvalue weighted by Gasteiger charge is -2.12. The fraction of sp³-hybridized carbons (Fsp3) is 0.600. The van der Waals surface area contributed by atoms with Crippen LogP contribution in [0, 0.1) is 0 Å². The molecule has 0 aliphatic heterocycles. The van der Waals surface area contributed by atoms with Crippen LogP contribution in [0.15, 0.2) is 6.33 Å². The maximum Gasteiger partial charge on any atom is 0.219 e. The van der Waals surface area contributed by atoms with E-state index in [9.17, 15) is 0 Å². The standard InChI is InChI=1S/C10H17N3O/c1-4-9-8(5-7(2)11)10(14-3)13-6-12-9/h6-7H,4-5,11H2,1-3H3. The van der Waals surface area contributed by atoms with Gasteiger partial charge in [0, 0.05) is 11.6 Å². The van der Waals surface area contributed by atoms with Crippen molar-refractivity contribution in [1.82, 2.24) is 9.97 Å². The molecule has 0 fully saturated rings. The van der Waals surface area contributed by atoms with Crippen LogP contribution < -0.4 is 10.5 Å². The first-order chi connectivity index (χ1) is 6.69. The highest BCUT2D eigenvalue weighted by Crippen LogP contribution is 2.19. The van der Waals surface area contributed by atoms with Crippen molar-refractivity contribution in [2.75, 3.05) is 7.11 Å². The lowest BCUT2D eigenvalue weighted by atomic mass is 10.1. The van der Waals surface area contributed by atoms with Crippen molar-refractivity contribution in [2.24, 2.45) is 5.73 Å². The number of methoxy groups -OCH3 is 1. The Labute approximate surface area is 84.5 Å². The van der Waals surface area contributed by atoms with Crippen LogP contribution >= 0.6 is 0 Å². The SMILES string of the molecule is CCc1ncnc(OC)c1CC(C)N. The second kappa shape index (κ2) is 4.91. The van der Waals surface area contributed by atoms with Crippen LogP contribution in [0.2, 0.25) is 0 Å². The van der Waals surface area contributed by atoms with Crippen molar-refractivity contribution in [2.45, 2.75) is 32.7 Å². The summed E-state index contributed by atoms with van der Waals surface area (Å²) in [4.78, 5) is 8.28. The first kappa shape index (κ1) is 10.9. The smallest absolute Gasteiger partial charge is 0.219 e. The van der Waals surface area contributed by atoms with E-state index in [0.29, 0.717) is 5.88 Å². The minimum Gasteiger partial charge on any atom is -0.481 e. The third-order valence-corrected chi connectivity index (χ3v) is 2.05. The molecule has 1 atom stereocenters. The normalized spacial score (nSPS) is 12.6. The summed E-state index contributed by atoms with van der Waals surface area (Å²) < 4.78 is 5.18. The number of nitrogens with zero attached hydrogens (tertiary/aromatic N) is 2. The summed E-state index contributed by atoms with van der Waals surface area (Å²) >= 11 is 0. The van der Waals surface area contributed by atoms with E-state index in [4.69, 9.17) is 10.5 Å². The molecule has 1 aromatic heterocycles. The number of ether oxygens (including phenoxy) is 1. The van der Waals surface area contributed by atoms with E-state index in [1.807, 2.05) is 6.92 Å². The van der Waals surface area contributed by atoms with Gasteiger partial charge in [-0.05, 0) is 19.8 Å². The monoisotopic (exact) mass is 195 g/mol. The molecule has 0 saturated heterocycles. The first-order valence-corrected chi connectivity index (χ1v) is 4.81. The Bertz CT molecular complexity index is 277. The molecule has 0 radical (unpaired) electrons. The summed E-state index contributed by atoms with van der Waals surface area (Å²) in [6.45, 7) is 4.03. The van der Waals surface area contributed by atoms with Gasteiger partial charge in [0.1, 0.15) is 6.33 Å². The van der Waals surface area contributed by atoms with Gasteiger partial charge in [0.25, 0.3) is 0 Å². The van der Waals surface area contributed by atoms with Crippen LogP contribution in [0.5, 0.6) is 5.88 Å². The fourth-order valence-corrected chi connectivity index (χ4v) is 1.44. The summed E-state index contributed by atoms with van der Waals surface area (Å²) in [6.07, 6.45) is 3.16. The molecule has 1 unspecified atom stereocenters. The van der Waals surface area contributed by atoms with Crippen LogP contribution in [0.25, 0.3) is 0 Å². The molecule has 0 aliphatic carbocycles. The van der Waals surface area contributed by atoms with Crippen molar-refractivity contribution in [3.63, 3.8) is 0 Å². The number of hydrogen-bond acceptors (Lipinski definition) is 4. The molecule has 0 aromatic carbocycles. The van der Waals surface area contributed by atoms with E-state index in [0.717, 1.165) is 24.1 Å². The van der Waals surface area contributed by atoms with Crippen LogP contribution in [0.4, 0.5) is 0 Å². The van der Waals surface area contributed by atoms with Gasteiger partial charge in [-0.25, -0.2) is 9.97 Å². The molecule has 0 spiro atoms. The Morgan fingerprint density at radius 3 is 2.71 bits per heavy atom. The lowest BCUT2D eigenvalue weighted by molar-refractivity contribution is 0.388. The Hall–Kier alpha value is -1.16. The Balaban J connectivity index is 3.05. The predicted octanol–water partition coefficient (Wildman–Crippen LogP) is 0.937. The highest BCUT2D eigenvalue weighted by molar-refractivity contribution is 5.30. The molecule has 4 nitrogen and oxygen atoms in total. The van der Waals surface area contributed by atoms with Crippen LogP contribution in [0.3, 0.4) is 0 Å². The van der Waals surface area contributed by atoms with Gasteiger partial charge in [0.2, 0.25) is 5.88 Å². The van der Waals surface area contributed by atoms with Gasteiger partial charge in [-0.2, -0.15) is 0 Å². The van der Waals surface area contributed by atoms with Crippen molar-refractivity contribution < 1.29 is 4.74 Å². The number of hydrogen-bond donors (Lipinski definition) is 1. The van der Waals surface area contributed by atoms with Gasteiger partial charge in [-0.3, -0.25) is 0 Å². The van der Waals surface area contributed by atoms with Crippen LogP contribution in [0.1, 0.15) is 25.1 Å². The quantitative estimate of drug-likeness (QED) is 0.776. The summed E-state index contributed by atoms with van der Waals surface area (Å²) in [5.74, 6) is 0.647. The maximum absolute atomic E-state index is 5.76. The van der Waals surface area contributed by atoms with Gasteiger partial charge in [-0.15, -0.1) is 0 Å². The Morgan fingerprint density at radius 2 is 2.21 bits per heavy atom. The third-order valence-electron chi connectivity index (χ3n) is 2.05. The molecule has 2 N–H and O–H groups in total. The van der Waals surface area contributed by atoms with Crippen LogP contribution in [-0.4, -0.2) is 23.1 Å². The zero-order valence-corrected chi connectivity index (χ0v) is 8.95. The lowest BCUT2D eigenvalue weighted by Crippen LogP contribution is -2.20. The minimum atomic E-state index is 0.0974. The van der Waals surface area contributed by atoms with Gasteiger partial charge in [0.05, 0.1) is 12.8 Å². The predicted molar refractivity (Wildman–Crippen MR) is 55.3 cm³/mol. The molecule has 1 rings (SSSR count). The van der Waals surface area contributed by atoms with E-state index < -0.39 is 0 Å². The average Bonchev–Trinajstić information content (AvgIpc) is 2.17. The first-order valence-electron chi connectivity index (χ1n) is 4.81. The zero-order valence-electron chi connectivity index (χ0n) is 8.95. The molecular weight excluding hydrogens is 178 g/mol. The molecule has 14 heavy (non-hydrogen) atoms. The maximum atomic E-state index is 5.76. The molecular formula is C10H17N3O. The molecule has 0 bridgehead atoms. The molecule has 0 aliphatic rings. The second-order valence-electron chi connectivity index (χ2n) is 3.34. The summed E-state index contributed by atoms with van der Waals surface area (Å²) in [5, 5.41) is 0. The molecule has 1 heterocycles. The van der Waals surface area contributed by atoms with E-state index in [2.05, 4.69) is 16.9 Å². The van der Waals surface area contributed by atoms with E-state index in [1.165, 1.54) is 6.33 Å². The van der Waals surface area contributed by atoms with E-state index in [-0.39, 0.29) is 6.04 Å². The van der Waals surface area contributed by atoms with Gasteiger partial charge >= 0.3 is 0 Å². The number of nitrogens with two attached hydrogens (primary N) is 1. The summed E-state index contributed by atoms with van der Waals surface area (Å²) in [7, 11) is 1.62. The van der Waals surface area contributed by atoms with Gasteiger partial charge < -0.3 is 10.5 Å². The molecule has 4 heteroatoms. The molecule has 0 amide bonds. The third kappa shape index (κ3) is 2.42. The van der Waals surface area contributed by atoms with Crippen molar-refractivity contribution in [1.29, 1.82) is 0 Å². The Morgan fingerprint density at radius 1 is 1.50 bits per heavy atom. The summed E-state index contributed by atoms with van der Waals surface area (Å²) in [5.41, 5.74) is 7.82. The summed E-state index contributed by atoms with van der Waals surface area (Å²) in [6, 6.07) is 0.0974. The topological polar surface area (TPSA) is 61.0 Å². The van der Waals surface area contributed by atoms with Crippen molar-refractivity contribution in [3.05, 3.63) is 17.6 Å².